The number of benzene rings is 2. The highest BCUT2D eigenvalue weighted by atomic mass is 79.9. The number of carbonyl (C=O) groups excluding carboxylic acids is 2. The van der Waals surface area contributed by atoms with Crippen LogP contribution in [-0.4, -0.2) is 30.3 Å². The van der Waals surface area contributed by atoms with Gasteiger partial charge in [-0.3, -0.25) is 4.79 Å². The van der Waals surface area contributed by atoms with Crippen molar-refractivity contribution in [1.29, 1.82) is 0 Å². The molecule has 158 valence electrons. The van der Waals surface area contributed by atoms with Crippen molar-refractivity contribution in [2.75, 3.05) is 12.4 Å². The van der Waals surface area contributed by atoms with Gasteiger partial charge in [0.05, 0.1) is 23.4 Å². The summed E-state index contributed by atoms with van der Waals surface area (Å²) in [5.41, 5.74) is 0.855. The van der Waals surface area contributed by atoms with Crippen molar-refractivity contribution in [1.82, 2.24) is 0 Å². The molecule has 0 saturated heterocycles. The summed E-state index contributed by atoms with van der Waals surface area (Å²) in [7, 11) is 1.22. The summed E-state index contributed by atoms with van der Waals surface area (Å²) in [4.78, 5) is 23.1. The van der Waals surface area contributed by atoms with E-state index in [1.54, 1.807) is 24.4 Å². The molecule has 0 aliphatic heterocycles. The summed E-state index contributed by atoms with van der Waals surface area (Å²) >= 11 is 9.04. The van der Waals surface area contributed by atoms with Crippen LogP contribution >= 0.6 is 27.5 Å². The predicted octanol–water partition coefficient (Wildman–Crippen LogP) is 4.78. The number of hydrogen-bond acceptors (Lipinski definition) is 4. The van der Waals surface area contributed by atoms with E-state index in [1.165, 1.54) is 25.3 Å². The van der Waals surface area contributed by atoms with Crippen molar-refractivity contribution in [3.05, 3.63) is 62.1 Å². The Labute approximate surface area is 183 Å². The lowest BCUT2D eigenvalue weighted by Crippen LogP contribution is -2.30. The highest BCUT2D eigenvalue weighted by molar-refractivity contribution is 9.10. The molecule has 0 spiro atoms. The monoisotopic (exact) mass is 503 g/mol. The van der Waals surface area contributed by atoms with Crippen LogP contribution in [0.15, 0.2) is 34.8 Å². The maximum absolute atomic E-state index is 12.6. The molecule has 0 aliphatic rings. The first kappa shape index (κ1) is 23.7. The summed E-state index contributed by atoms with van der Waals surface area (Å²) in [5.74, 6) is 2.20. The van der Waals surface area contributed by atoms with E-state index in [4.69, 9.17) is 11.6 Å². The number of aliphatic hydroxyl groups excluding tert-OH is 1. The van der Waals surface area contributed by atoms with Crippen LogP contribution in [0.3, 0.4) is 0 Å². The third-order valence-electron chi connectivity index (χ3n) is 3.89. The molecule has 5 nitrogen and oxygen atoms in total. The minimum Gasteiger partial charge on any atom is -0.465 e. The Morgan fingerprint density at radius 2 is 1.93 bits per heavy atom. The highest BCUT2D eigenvalue weighted by Crippen LogP contribution is 2.30. The zero-order chi connectivity index (χ0) is 22.6. The van der Waals surface area contributed by atoms with E-state index in [0.717, 1.165) is 0 Å². The van der Waals surface area contributed by atoms with Gasteiger partial charge < -0.3 is 15.2 Å². The van der Waals surface area contributed by atoms with Crippen molar-refractivity contribution in [3.8, 4) is 11.8 Å². The molecular weight excluding hydrogens is 491 g/mol. The summed E-state index contributed by atoms with van der Waals surface area (Å²) in [5, 5.41) is 12.2. The van der Waals surface area contributed by atoms with Crippen molar-refractivity contribution in [2.45, 2.75) is 19.2 Å². The highest BCUT2D eigenvalue weighted by Gasteiger charge is 2.39. The Morgan fingerprint density at radius 3 is 2.53 bits per heavy atom. The van der Waals surface area contributed by atoms with Gasteiger partial charge in [-0.2, -0.15) is 13.2 Å². The molecule has 2 rings (SSSR count). The quantitative estimate of drug-likeness (QED) is 0.466. The first-order chi connectivity index (χ1) is 13.9. The number of ether oxygens (including phenoxy) is 1. The molecule has 1 amide bonds. The van der Waals surface area contributed by atoms with Gasteiger partial charge in [0.25, 0.3) is 0 Å². The fraction of sp³-hybridized carbons (Fsp3) is 0.200. The van der Waals surface area contributed by atoms with Gasteiger partial charge in [0.2, 0.25) is 0 Å². The number of carbonyl (C=O) groups is 2. The molecule has 1 unspecified atom stereocenters. The molecular formula is C20H14BrClF3NO4. The van der Waals surface area contributed by atoms with Crippen molar-refractivity contribution < 1.29 is 32.6 Å². The minimum absolute atomic E-state index is 0.0415. The summed E-state index contributed by atoms with van der Waals surface area (Å²) in [6, 6.07) is 6.96. The number of esters is 1. The lowest BCUT2D eigenvalue weighted by molar-refractivity contribution is -0.167. The van der Waals surface area contributed by atoms with Gasteiger partial charge in [0.15, 0.2) is 0 Å². The van der Waals surface area contributed by atoms with Crippen molar-refractivity contribution in [3.63, 3.8) is 0 Å². The van der Waals surface area contributed by atoms with Gasteiger partial charge in [-0.1, -0.05) is 35.6 Å². The van der Waals surface area contributed by atoms with Crippen LogP contribution in [-0.2, 0) is 9.53 Å². The van der Waals surface area contributed by atoms with Crippen LogP contribution in [0, 0.1) is 18.8 Å². The van der Waals surface area contributed by atoms with Crippen LogP contribution in [0.5, 0.6) is 0 Å². The fourth-order valence-electron chi connectivity index (χ4n) is 2.32. The number of aryl methyl sites for hydroxylation is 1. The Hall–Kier alpha value is -2.54. The minimum atomic E-state index is -5.09. The molecule has 2 aromatic rings. The van der Waals surface area contributed by atoms with E-state index >= 15 is 0 Å². The molecule has 0 fully saturated rings. The first-order valence-electron chi connectivity index (χ1n) is 8.19. The second-order valence-corrected chi connectivity index (χ2v) is 7.26. The van der Waals surface area contributed by atoms with Gasteiger partial charge >= 0.3 is 18.1 Å². The molecule has 0 aliphatic carbocycles. The second-order valence-electron chi connectivity index (χ2n) is 6.00. The number of rotatable bonds is 3. The van der Waals surface area contributed by atoms with E-state index in [-0.39, 0.29) is 31.9 Å². The third-order valence-corrected chi connectivity index (χ3v) is 5.09. The van der Waals surface area contributed by atoms with E-state index < -0.39 is 24.2 Å². The number of hydrogen-bond donors (Lipinski definition) is 2. The smallest absolute Gasteiger partial charge is 0.465 e. The number of aliphatic hydroxyl groups is 1. The molecule has 0 aromatic heterocycles. The second kappa shape index (κ2) is 9.51. The van der Waals surface area contributed by atoms with E-state index in [9.17, 15) is 27.9 Å². The molecule has 0 heterocycles. The molecule has 2 aromatic carbocycles. The zero-order valence-corrected chi connectivity index (χ0v) is 17.9. The SMILES string of the molecule is COC(=O)c1cc(C(O)C#Cc2cc(Cl)c(Br)cc2NC(=O)C(F)(F)F)ccc1C. The predicted molar refractivity (Wildman–Crippen MR) is 108 cm³/mol. The number of amides is 1. The van der Waals surface area contributed by atoms with Crippen LogP contribution in [0.1, 0.15) is 33.2 Å². The van der Waals surface area contributed by atoms with Gasteiger partial charge in [0.1, 0.15) is 6.10 Å². The fourth-order valence-corrected chi connectivity index (χ4v) is 2.82. The number of alkyl halides is 3. The average molecular weight is 505 g/mol. The number of halogens is 5. The molecule has 0 saturated carbocycles. The molecule has 30 heavy (non-hydrogen) atoms. The van der Waals surface area contributed by atoms with Gasteiger partial charge in [-0.25, -0.2) is 4.79 Å². The molecule has 0 radical (unpaired) electrons. The Bertz CT molecular complexity index is 1060. The third kappa shape index (κ3) is 5.75. The summed E-state index contributed by atoms with van der Waals surface area (Å²) in [6.07, 6.45) is -6.47. The van der Waals surface area contributed by atoms with Crippen LogP contribution in [0.25, 0.3) is 0 Å². The molecule has 10 heteroatoms. The van der Waals surface area contributed by atoms with E-state index in [1.807, 2.05) is 0 Å². The number of nitrogens with one attached hydrogen (secondary N) is 1. The van der Waals surface area contributed by atoms with Crippen molar-refractivity contribution >= 4 is 45.1 Å². The topological polar surface area (TPSA) is 75.6 Å². The van der Waals surface area contributed by atoms with E-state index in [2.05, 4.69) is 32.5 Å². The maximum Gasteiger partial charge on any atom is 0.471 e. The number of anilines is 1. The zero-order valence-electron chi connectivity index (χ0n) is 15.5. The van der Waals surface area contributed by atoms with Crippen LogP contribution in [0.4, 0.5) is 18.9 Å². The molecule has 2 N–H and O–H groups in total. The maximum atomic E-state index is 12.6. The summed E-state index contributed by atoms with van der Waals surface area (Å²) in [6.45, 7) is 1.69. The summed E-state index contributed by atoms with van der Waals surface area (Å²) < 4.78 is 42.7. The Kier molecular flexibility index (Phi) is 7.53. The lowest BCUT2D eigenvalue weighted by Gasteiger charge is -2.11. The average Bonchev–Trinajstić information content (AvgIpc) is 2.68. The normalized spacial score (nSPS) is 11.9. The first-order valence-corrected chi connectivity index (χ1v) is 9.36. The van der Waals surface area contributed by atoms with Gasteiger partial charge in [-0.15, -0.1) is 0 Å². The van der Waals surface area contributed by atoms with Gasteiger partial charge in [0, 0.05) is 10.0 Å². The largest absolute Gasteiger partial charge is 0.471 e. The number of methoxy groups -OCH3 is 1. The van der Waals surface area contributed by atoms with Crippen LogP contribution in [0.2, 0.25) is 5.02 Å². The van der Waals surface area contributed by atoms with Crippen molar-refractivity contribution in [2.24, 2.45) is 0 Å². The lowest BCUT2D eigenvalue weighted by atomic mass is 10.0. The standard InChI is InChI=1S/C20H14BrClF3NO4/c1-10-3-4-12(7-13(10)18(28)30-2)17(27)6-5-11-8-15(22)14(21)9-16(11)26-19(29)20(23,24)25/h3-4,7-9,17,27H,1-2H3,(H,26,29). The van der Waals surface area contributed by atoms with Gasteiger partial charge in [-0.05, 0) is 52.2 Å². The van der Waals surface area contributed by atoms with E-state index in [0.29, 0.717) is 5.56 Å². The molecule has 0 bridgehead atoms. The van der Waals surface area contributed by atoms with Crippen LogP contribution < -0.4 is 5.32 Å². The Balaban J connectivity index is 2.40. The Morgan fingerprint density at radius 1 is 1.27 bits per heavy atom. The molecule has 1 atom stereocenters.